The molecule has 0 aromatic carbocycles. The number of anilines is 1. The van der Waals surface area contributed by atoms with Crippen molar-refractivity contribution in [2.75, 3.05) is 5.32 Å². The molecule has 21 heavy (non-hydrogen) atoms. The Bertz CT molecular complexity index is 747. The quantitative estimate of drug-likeness (QED) is 0.781. The van der Waals surface area contributed by atoms with E-state index >= 15 is 0 Å². The molecule has 3 aromatic rings. The largest absolute Gasteiger partial charge is 0.366 e. The summed E-state index contributed by atoms with van der Waals surface area (Å²) >= 11 is 0. The topological polar surface area (TPSA) is 55.1 Å². The maximum atomic E-state index is 4.52. The van der Waals surface area contributed by atoms with Crippen molar-refractivity contribution in [2.24, 2.45) is 0 Å². The fourth-order valence-corrected chi connectivity index (χ4v) is 2.40. The van der Waals surface area contributed by atoms with Gasteiger partial charge in [-0.2, -0.15) is 5.10 Å². The molecule has 0 atom stereocenters. The van der Waals surface area contributed by atoms with E-state index in [0.29, 0.717) is 6.54 Å². The monoisotopic (exact) mass is 281 g/mol. The maximum absolute atomic E-state index is 4.52. The van der Waals surface area contributed by atoms with Crippen LogP contribution in [0.5, 0.6) is 0 Å². The smallest absolute Gasteiger partial charge is 0.133 e. The third kappa shape index (κ3) is 2.86. The third-order valence-corrected chi connectivity index (χ3v) is 3.46. The van der Waals surface area contributed by atoms with Crippen LogP contribution in [0.4, 0.5) is 5.82 Å². The summed E-state index contributed by atoms with van der Waals surface area (Å²) in [6.07, 6.45) is 7.84. The molecule has 0 saturated heterocycles. The minimum Gasteiger partial charge on any atom is -0.366 e. The highest BCUT2D eigenvalue weighted by Crippen LogP contribution is 2.16. The van der Waals surface area contributed by atoms with Crippen LogP contribution in [-0.4, -0.2) is 19.6 Å². The zero-order valence-corrected chi connectivity index (χ0v) is 12.4. The summed E-state index contributed by atoms with van der Waals surface area (Å²) in [5, 5.41) is 7.78. The Morgan fingerprint density at radius 1 is 1.19 bits per heavy atom. The molecule has 0 radical (unpaired) electrons. The second-order valence-corrected chi connectivity index (χ2v) is 5.09. The van der Waals surface area contributed by atoms with Gasteiger partial charge in [-0.3, -0.25) is 0 Å². The maximum Gasteiger partial charge on any atom is 0.133 e. The van der Waals surface area contributed by atoms with Crippen LogP contribution in [0.3, 0.4) is 0 Å². The Labute approximate surface area is 124 Å². The Morgan fingerprint density at radius 2 is 2.10 bits per heavy atom. The molecule has 3 rings (SSSR count). The van der Waals surface area contributed by atoms with Crippen LogP contribution < -0.4 is 5.32 Å². The molecule has 0 fully saturated rings. The molecule has 0 saturated carbocycles. The van der Waals surface area contributed by atoms with Gasteiger partial charge in [0, 0.05) is 30.1 Å². The number of aryl methyl sites for hydroxylation is 2. The first kappa shape index (κ1) is 13.5. The highest BCUT2D eigenvalue weighted by molar-refractivity contribution is 5.55. The first-order valence-corrected chi connectivity index (χ1v) is 7.25. The molecule has 0 aliphatic rings. The average Bonchev–Trinajstić information content (AvgIpc) is 2.91. The van der Waals surface area contributed by atoms with Crippen LogP contribution in [0.2, 0.25) is 0 Å². The Kier molecular flexibility index (Phi) is 3.81. The lowest BCUT2D eigenvalue weighted by Gasteiger charge is -2.10. The number of hydrogen-bond acceptors (Lipinski definition) is 4. The Hall–Kier alpha value is -2.43. The van der Waals surface area contributed by atoms with Gasteiger partial charge in [-0.05, 0) is 25.5 Å². The second-order valence-electron chi connectivity index (χ2n) is 5.09. The van der Waals surface area contributed by atoms with E-state index in [1.807, 2.05) is 42.2 Å². The fourth-order valence-electron chi connectivity index (χ4n) is 2.40. The summed E-state index contributed by atoms with van der Waals surface area (Å²) in [5.74, 6) is 1.72. The van der Waals surface area contributed by atoms with Crippen LogP contribution in [0, 0.1) is 6.92 Å². The van der Waals surface area contributed by atoms with E-state index in [2.05, 4.69) is 33.4 Å². The van der Waals surface area contributed by atoms with E-state index < -0.39 is 0 Å². The standard InChI is InChI=1S/C16H19N5/c1-3-6-13-9-17-12(2)20-16(13)18-10-14-11-19-21-8-5-4-7-15(14)21/h4-5,7-9,11H,3,6,10H2,1-2H3,(H,17,18,20). The molecule has 0 aliphatic carbocycles. The highest BCUT2D eigenvalue weighted by Gasteiger charge is 2.07. The second kappa shape index (κ2) is 5.91. The van der Waals surface area contributed by atoms with Crippen molar-refractivity contribution < 1.29 is 0 Å². The van der Waals surface area contributed by atoms with Crippen molar-refractivity contribution in [2.45, 2.75) is 33.2 Å². The Morgan fingerprint density at radius 3 is 2.95 bits per heavy atom. The van der Waals surface area contributed by atoms with Gasteiger partial charge in [-0.1, -0.05) is 19.4 Å². The van der Waals surface area contributed by atoms with Crippen molar-refractivity contribution in [1.29, 1.82) is 0 Å². The van der Waals surface area contributed by atoms with Gasteiger partial charge in [-0.25, -0.2) is 14.5 Å². The molecule has 5 nitrogen and oxygen atoms in total. The van der Waals surface area contributed by atoms with E-state index in [-0.39, 0.29) is 0 Å². The van der Waals surface area contributed by atoms with Gasteiger partial charge < -0.3 is 5.32 Å². The summed E-state index contributed by atoms with van der Waals surface area (Å²) in [4.78, 5) is 8.81. The molecular formula is C16H19N5. The zero-order chi connectivity index (χ0) is 14.7. The van der Waals surface area contributed by atoms with E-state index in [4.69, 9.17) is 0 Å². The molecule has 5 heteroatoms. The molecule has 3 heterocycles. The molecule has 0 aliphatic heterocycles. The summed E-state index contributed by atoms with van der Waals surface area (Å²) in [6.45, 7) is 4.78. The number of aromatic nitrogens is 4. The summed E-state index contributed by atoms with van der Waals surface area (Å²) < 4.78 is 1.88. The Balaban J connectivity index is 1.83. The fraction of sp³-hybridized carbons (Fsp3) is 0.312. The van der Waals surface area contributed by atoms with E-state index in [0.717, 1.165) is 35.6 Å². The van der Waals surface area contributed by atoms with Gasteiger partial charge >= 0.3 is 0 Å². The van der Waals surface area contributed by atoms with Crippen molar-refractivity contribution in [3.05, 3.63) is 53.7 Å². The lowest BCUT2D eigenvalue weighted by atomic mass is 10.2. The number of pyridine rings is 1. The highest BCUT2D eigenvalue weighted by atomic mass is 15.2. The first-order valence-electron chi connectivity index (χ1n) is 7.25. The average molecular weight is 281 g/mol. The van der Waals surface area contributed by atoms with Crippen LogP contribution >= 0.6 is 0 Å². The van der Waals surface area contributed by atoms with Crippen LogP contribution in [0.25, 0.3) is 5.52 Å². The minimum atomic E-state index is 0.709. The van der Waals surface area contributed by atoms with Crippen LogP contribution in [0.1, 0.15) is 30.3 Å². The van der Waals surface area contributed by atoms with Gasteiger partial charge in [0.25, 0.3) is 0 Å². The summed E-state index contributed by atoms with van der Waals surface area (Å²) in [6, 6.07) is 6.07. The minimum absolute atomic E-state index is 0.709. The molecule has 0 unspecified atom stereocenters. The van der Waals surface area contributed by atoms with Gasteiger partial charge in [0.15, 0.2) is 0 Å². The van der Waals surface area contributed by atoms with Crippen LogP contribution in [-0.2, 0) is 13.0 Å². The predicted octanol–water partition coefficient (Wildman–Crippen LogP) is 3.00. The molecular weight excluding hydrogens is 262 g/mol. The summed E-state index contributed by atoms with van der Waals surface area (Å²) in [7, 11) is 0. The van der Waals surface area contributed by atoms with Gasteiger partial charge in [0.05, 0.1) is 11.7 Å². The molecule has 3 aromatic heterocycles. The lowest BCUT2D eigenvalue weighted by molar-refractivity contribution is 0.886. The molecule has 1 N–H and O–H groups in total. The van der Waals surface area contributed by atoms with Gasteiger partial charge in [-0.15, -0.1) is 0 Å². The third-order valence-electron chi connectivity index (χ3n) is 3.46. The van der Waals surface area contributed by atoms with Crippen molar-refractivity contribution in [1.82, 2.24) is 19.6 Å². The number of hydrogen-bond donors (Lipinski definition) is 1. The van der Waals surface area contributed by atoms with E-state index in [1.54, 1.807) is 0 Å². The number of nitrogens with one attached hydrogen (secondary N) is 1. The van der Waals surface area contributed by atoms with Crippen molar-refractivity contribution in [3.8, 4) is 0 Å². The molecule has 0 bridgehead atoms. The van der Waals surface area contributed by atoms with Crippen molar-refractivity contribution in [3.63, 3.8) is 0 Å². The predicted molar refractivity (Wildman–Crippen MR) is 83.3 cm³/mol. The summed E-state index contributed by atoms with van der Waals surface area (Å²) in [5.41, 5.74) is 3.45. The number of fused-ring (bicyclic) bond motifs is 1. The zero-order valence-electron chi connectivity index (χ0n) is 12.4. The SMILES string of the molecule is CCCc1cnc(C)nc1NCc1cnn2ccccc12. The molecule has 0 amide bonds. The molecule has 108 valence electrons. The number of rotatable bonds is 5. The lowest BCUT2D eigenvalue weighted by Crippen LogP contribution is -2.06. The van der Waals surface area contributed by atoms with Crippen molar-refractivity contribution >= 4 is 11.3 Å². The number of nitrogens with zero attached hydrogens (tertiary/aromatic N) is 4. The first-order chi connectivity index (χ1) is 10.3. The van der Waals surface area contributed by atoms with Gasteiger partial charge in [0.1, 0.15) is 11.6 Å². The normalized spacial score (nSPS) is 11.0. The van der Waals surface area contributed by atoms with Crippen LogP contribution in [0.15, 0.2) is 36.8 Å². The van der Waals surface area contributed by atoms with E-state index in [1.165, 1.54) is 5.56 Å². The molecule has 0 spiro atoms. The van der Waals surface area contributed by atoms with E-state index in [9.17, 15) is 0 Å². The van der Waals surface area contributed by atoms with Gasteiger partial charge in [0.2, 0.25) is 0 Å².